The van der Waals surface area contributed by atoms with Gasteiger partial charge in [-0.05, 0) is 12.8 Å². The number of nitrogens with zero attached hydrogens (tertiary/aromatic N) is 3. The molecule has 4 heteroatoms. The molecule has 1 rings (SSSR count). The molecule has 1 N–H and O–H groups in total. The summed E-state index contributed by atoms with van der Waals surface area (Å²) in [5, 5.41) is 2.89. The zero-order chi connectivity index (χ0) is 9.68. The highest BCUT2D eigenvalue weighted by Crippen LogP contribution is 2.05. The van der Waals surface area contributed by atoms with E-state index in [0.29, 0.717) is 11.6 Å². The normalized spacial score (nSPS) is 9.31. The highest BCUT2D eigenvalue weighted by Gasteiger charge is 1.96. The fourth-order valence-corrected chi connectivity index (χ4v) is 0.826. The number of nitrogens with one attached hydrogen (secondary N) is 1. The molecule has 0 spiro atoms. The molecule has 0 bridgehead atoms. The molecule has 0 aliphatic rings. The van der Waals surface area contributed by atoms with Crippen LogP contribution in [-0.2, 0) is 6.42 Å². The molecule has 0 aromatic carbocycles. The summed E-state index contributed by atoms with van der Waals surface area (Å²) in [6, 6.07) is 1.76. The second kappa shape index (κ2) is 4.35. The van der Waals surface area contributed by atoms with Gasteiger partial charge in [0.25, 0.3) is 0 Å². The standard InChI is InChI=1S/C9H12N4/c1-4-8-11-6-5-9(13-8)12-7(2)10-3/h5-6H,2-4H2,1H3,(H,11,12,13). The third-order valence-electron chi connectivity index (χ3n) is 1.48. The summed E-state index contributed by atoms with van der Waals surface area (Å²) in [6.45, 7) is 8.97. The lowest BCUT2D eigenvalue weighted by Crippen LogP contribution is -2.00. The molecule has 0 atom stereocenters. The Bertz CT molecular complexity index is 319. The summed E-state index contributed by atoms with van der Waals surface area (Å²) >= 11 is 0. The van der Waals surface area contributed by atoms with Gasteiger partial charge in [-0.2, -0.15) is 0 Å². The highest BCUT2D eigenvalue weighted by molar-refractivity contribution is 5.42. The van der Waals surface area contributed by atoms with E-state index in [-0.39, 0.29) is 0 Å². The Hall–Kier alpha value is -1.71. The SMILES string of the molecule is C=NC(=C)Nc1ccnc(CC)n1. The van der Waals surface area contributed by atoms with E-state index >= 15 is 0 Å². The van der Waals surface area contributed by atoms with E-state index in [1.807, 2.05) is 6.92 Å². The van der Waals surface area contributed by atoms with E-state index in [1.54, 1.807) is 12.3 Å². The molecule has 68 valence electrons. The second-order valence-corrected chi connectivity index (χ2v) is 2.44. The molecule has 1 aromatic heterocycles. The molecule has 0 saturated heterocycles. The Morgan fingerprint density at radius 3 is 3.08 bits per heavy atom. The minimum Gasteiger partial charge on any atom is -0.325 e. The molecular weight excluding hydrogens is 164 g/mol. The Kier molecular flexibility index (Phi) is 3.14. The third-order valence-corrected chi connectivity index (χ3v) is 1.48. The van der Waals surface area contributed by atoms with Crippen molar-refractivity contribution in [2.24, 2.45) is 4.99 Å². The van der Waals surface area contributed by atoms with Crippen molar-refractivity contribution in [1.82, 2.24) is 9.97 Å². The summed E-state index contributed by atoms with van der Waals surface area (Å²) in [5.74, 6) is 1.98. The Morgan fingerprint density at radius 1 is 1.69 bits per heavy atom. The van der Waals surface area contributed by atoms with Crippen LogP contribution in [0, 0.1) is 0 Å². The van der Waals surface area contributed by atoms with Crippen molar-refractivity contribution in [3.63, 3.8) is 0 Å². The molecule has 0 unspecified atom stereocenters. The van der Waals surface area contributed by atoms with Gasteiger partial charge in [0.1, 0.15) is 17.5 Å². The Labute approximate surface area is 77.5 Å². The van der Waals surface area contributed by atoms with Gasteiger partial charge in [-0.1, -0.05) is 13.5 Å². The average molecular weight is 176 g/mol. The second-order valence-electron chi connectivity index (χ2n) is 2.44. The average Bonchev–Trinajstić information content (AvgIpc) is 2.18. The number of rotatable bonds is 4. The van der Waals surface area contributed by atoms with Gasteiger partial charge in [0.2, 0.25) is 0 Å². The van der Waals surface area contributed by atoms with E-state index in [0.717, 1.165) is 12.2 Å². The molecule has 1 heterocycles. The van der Waals surface area contributed by atoms with Crippen LogP contribution in [-0.4, -0.2) is 16.7 Å². The van der Waals surface area contributed by atoms with Gasteiger partial charge >= 0.3 is 0 Å². The maximum atomic E-state index is 4.21. The molecule has 0 aliphatic carbocycles. The molecule has 0 radical (unpaired) electrons. The zero-order valence-electron chi connectivity index (χ0n) is 7.62. The lowest BCUT2D eigenvalue weighted by molar-refractivity contribution is 0.940. The minimum absolute atomic E-state index is 0.487. The predicted molar refractivity (Wildman–Crippen MR) is 53.7 cm³/mol. The summed E-state index contributed by atoms with van der Waals surface area (Å²) < 4.78 is 0. The van der Waals surface area contributed by atoms with Crippen molar-refractivity contribution >= 4 is 12.5 Å². The number of hydrogen-bond donors (Lipinski definition) is 1. The van der Waals surface area contributed by atoms with Crippen LogP contribution in [0.5, 0.6) is 0 Å². The van der Waals surface area contributed by atoms with Crippen LogP contribution >= 0.6 is 0 Å². The van der Waals surface area contributed by atoms with Crippen molar-refractivity contribution in [3.8, 4) is 0 Å². The van der Waals surface area contributed by atoms with Gasteiger partial charge in [0.15, 0.2) is 0 Å². The van der Waals surface area contributed by atoms with E-state index in [2.05, 4.69) is 33.6 Å². The predicted octanol–water partition coefficient (Wildman–Crippen LogP) is 1.62. The van der Waals surface area contributed by atoms with Crippen LogP contribution < -0.4 is 5.32 Å². The molecule has 0 amide bonds. The Morgan fingerprint density at radius 2 is 2.46 bits per heavy atom. The van der Waals surface area contributed by atoms with Crippen molar-refractivity contribution in [2.45, 2.75) is 13.3 Å². The minimum atomic E-state index is 0.487. The zero-order valence-corrected chi connectivity index (χ0v) is 7.62. The summed E-state index contributed by atoms with van der Waals surface area (Å²) in [4.78, 5) is 11.9. The van der Waals surface area contributed by atoms with E-state index in [4.69, 9.17) is 0 Å². The number of aliphatic imine (C=N–C) groups is 1. The molecule has 4 nitrogen and oxygen atoms in total. The lowest BCUT2D eigenvalue weighted by Gasteiger charge is -2.03. The van der Waals surface area contributed by atoms with Gasteiger partial charge in [0.05, 0.1) is 0 Å². The van der Waals surface area contributed by atoms with Crippen molar-refractivity contribution in [3.05, 3.63) is 30.5 Å². The van der Waals surface area contributed by atoms with E-state index < -0.39 is 0 Å². The summed E-state index contributed by atoms with van der Waals surface area (Å²) in [7, 11) is 0. The number of hydrogen-bond acceptors (Lipinski definition) is 4. The van der Waals surface area contributed by atoms with Crippen molar-refractivity contribution in [1.29, 1.82) is 0 Å². The maximum absolute atomic E-state index is 4.21. The molecule has 13 heavy (non-hydrogen) atoms. The van der Waals surface area contributed by atoms with E-state index in [9.17, 15) is 0 Å². The van der Waals surface area contributed by atoms with Gasteiger partial charge in [-0.25, -0.2) is 15.0 Å². The first-order chi connectivity index (χ1) is 6.26. The topological polar surface area (TPSA) is 50.2 Å². The van der Waals surface area contributed by atoms with Gasteiger partial charge in [0, 0.05) is 12.6 Å². The highest BCUT2D eigenvalue weighted by atomic mass is 15.1. The summed E-state index contributed by atoms with van der Waals surface area (Å²) in [5.41, 5.74) is 0. The number of aromatic nitrogens is 2. The smallest absolute Gasteiger partial charge is 0.135 e. The number of aryl methyl sites for hydroxylation is 1. The molecule has 0 fully saturated rings. The lowest BCUT2D eigenvalue weighted by atomic mass is 10.4. The van der Waals surface area contributed by atoms with Crippen LogP contribution in [0.3, 0.4) is 0 Å². The van der Waals surface area contributed by atoms with Crippen LogP contribution in [0.25, 0.3) is 0 Å². The first kappa shape index (κ1) is 9.38. The monoisotopic (exact) mass is 176 g/mol. The summed E-state index contributed by atoms with van der Waals surface area (Å²) in [6.07, 6.45) is 2.51. The molecule has 0 aliphatic heterocycles. The maximum Gasteiger partial charge on any atom is 0.135 e. The Balaban J connectivity index is 2.77. The molecule has 1 aromatic rings. The van der Waals surface area contributed by atoms with Crippen LogP contribution in [0.4, 0.5) is 5.82 Å². The third kappa shape index (κ3) is 2.66. The number of anilines is 1. The fourth-order valence-electron chi connectivity index (χ4n) is 0.826. The van der Waals surface area contributed by atoms with Crippen LogP contribution in [0.15, 0.2) is 29.7 Å². The first-order valence-corrected chi connectivity index (χ1v) is 4.01. The van der Waals surface area contributed by atoms with Gasteiger partial charge in [-0.15, -0.1) is 0 Å². The van der Waals surface area contributed by atoms with Crippen molar-refractivity contribution in [2.75, 3.05) is 5.32 Å². The van der Waals surface area contributed by atoms with Crippen LogP contribution in [0.1, 0.15) is 12.7 Å². The van der Waals surface area contributed by atoms with Gasteiger partial charge < -0.3 is 5.32 Å². The quantitative estimate of drug-likeness (QED) is 0.709. The van der Waals surface area contributed by atoms with Crippen molar-refractivity contribution < 1.29 is 0 Å². The molecule has 0 saturated carbocycles. The van der Waals surface area contributed by atoms with E-state index in [1.165, 1.54) is 0 Å². The molecular formula is C9H12N4. The first-order valence-electron chi connectivity index (χ1n) is 4.01. The largest absolute Gasteiger partial charge is 0.325 e. The van der Waals surface area contributed by atoms with Crippen LogP contribution in [0.2, 0.25) is 0 Å². The van der Waals surface area contributed by atoms with Gasteiger partial charge in [-0.3, -0.25) is 0 Å². The fraction of sp³-hybridized carbons (Fsp3) is 0.222.